The van der Waals surface area contributed by atoms with Gasteiger partial charge in [0.25, 0.3) is 0 Å². The molecule has 0 spiro atoms. The summed E-state index contributed by atoms with van der Waals surface area (Å²) in [5.74, 6) is 1.94. The molecular weight excluding hydrogens is 605 g/mol. The standard InChI is InChI=1S/C44H58NO2P/c1-44(2,41-27-19-20-28-42(41)46-5)48-35-21-11-9-7-6-8-10-18-26-40(36-22-14-12-15-23-36)43(37-24-16-13-17-25-37)38-29-31-39(32-30-38)47-34-33-45(3)4/h12-17,19-20,22-25,27-32,48H,6-11,18,21,26,33-35H2,1-5H3/b43-40-. The number of unbranched alkanes of at least 4 members (excludes halogenated alkanes) is 7. The first-order valence-corrected chi connectivity index (χ1v) is 19.2. The van der Waals surface area contributed by atoms with Crippen LogP contribution in [0.4, 0.5) is 0 Å². The molecule has 0 radical (unpaired) electrons. The number of likely N-dealkylation sites (N-methyl/N-ethyl adjacent to an activating group) is 1. The van der Waals surface area contributed by atoms with Gasteiger partial charge in [-0.15, -0.1) is 8.58 Å². The summed E-state index contributed by atoms with van der Waals surface area (Å²) in [6.07, 6.45) is 12.8. The molecule has 0 saturated heterocycles. The van der Waals surface area contributed by atoms with E-state index in [0.717, 1.165) is 33.0 Å². The topological polar surface area (TPSA) is 21.7 Å². The van der Waals surface area contributed by atoms with Gasteiger partial charge in [-0.2, -0.15) is 0 Å². The summed E-state index contributed by atoms with van der Waals surface area (Å²) < 4.78 is 11.7. The predicted octanol–water partition coefficient (Wildman–Crippen LogP) is 11.7. The zero-order valence-electron chi connectivity index (χ0n) is 30.1. The van der Waals surface area contributed by atoms with Gasteiger partial charge in [-0.1, -0.05) is 143 Å². The van der Waals surface area contributed by atoms with Crippen LogP contribution in [-0.2, 0) is 5.16 Å². The highest BCUT2D eigenvalue weighted by molar-refractivity contribution is 7.39. The molecule has 0 N–H and O–H groups in total. The van der Waals surface area contributed by atoms with Crippen molar-refractivity contribution in [3.8, 4) is 11.5 Å². The van der Waals surface area contributed by atoms with Crippen molar-refractivity contribution in [2.24, 2.45) is 0 Å². The predicted molar refractivity (Wildman–Crippen MR) is 210 cm³/mol. The lowest BCUT2D eigenvalue weighted by atomic mass is 9.86. The first kappa shape index (κ1) is 37.4. The number of hydrogen-bond donors (Lipinski definition) is 0. The maximum atomic E-state index is 6.02. The maximum absolute atomic E-state index is 6.02. The summed E-state index contributed by atoms with van der Waals surface area (Å²) in [7, 11) is 6.84. The van der Waals surface area contributed by atoms with E-state index in [0.29, 0.717) is 6.61 Å². The van der Waals surface area contributed by atoms with Crippen molar-refractivity contribution < 1.29 is 9.47 Å². The van der Waals surface area contributed by atoms with Crippen LogP contribution in [0.3, 0.4) is 0 Å². The second kappa shape index (κ2) is 20.2. The smallest absolute Gasteiger partial charge is 0.122 e. The maximum Gasteiger partial charge on any atom is 0.122 e. The minimum absolute atomic E-state index is 0.170. The van der Waals surface area contributed by atoms with Crippen LogP contribution in [0, 0.1) is 0 Å². The van der Waals surface area contributed by atoms with Gasteiger partial charge in [-0.25, -0.2) is 0 Å². The fourth-order valence-corrected chi connectivity index (χ4v) is 7.83. The quantitative estimate of drug-likeness (QED) is 0.0503. The molecule has 0 saturated carbocycles. The van der Waals surface area contributed by atoms with E-state index in [4.69, 9.17) is 9.47 Å². The van der Waals surface area contributed by atoms with Crippen LogP contribution in [0.15, 0.2) is 109 Å². The normalized spacial score (nSPS) is 12.5. The Kier molecular flexibility index (Phi) is 15.8. The Bertz CT molecular complexity index is 1500. The number of para-hydroxylation sites is 1. The summed E-state index contributed by atoms with van der Waals surface area (Å²) in [5, 5.41) is 0.170. The molecule has 1 atom stereocenters. The summed E-state index contributed by atoms with van der Waals surface area (Å²) in [6, 6.07) is 39.1. The third-order valence-corrected chi connectivity index (χ3v) is 10.9. The van der Waals surface area contributed by atoms with Crippen molar-refractivity contribution >= 4 is 19.7 Å². The van der Waals surface area contributed by atoms with Crippen LogP contribution in [0.5, 0.6) is 11.5 Å². The van der Waals surface area contributed by atoms with Gasteiger partial charge in [-0.3, -0.25) is 0 Å². The monoisotopic (exact) mass is 663 g/mol. The van der Waals surface area contributed by atoms with Gasteiger partial charge in [-0.05, 0) is 85.6 Å². The van der Waals surface area contributed by atoms with E-state index in [1.54, 1.807) is 7.11 Å². The van der Waals surface area contributed by atoms with E-state index in [9.17, 15) is 0 Å². The van der Waals surface area contributed by atoms with Crippen LogP contribution in [0.25, 0.3) is 11.1 Å². The van der Waals surface area contributed by atoms with Crippen molar-refractivity contribution in [3.63, 3.8) is 0 Å². The van der Waals surface area contributed by atoms with Crippen molar-refractivity contribution in [1.82, 2.24) is 4.90 Å². The first-order valence-electron chi connectivity index (χ1n) is 18.0. The second-order valence-corrected chi connectivity index (χ2v) is 15.7. The van der Waals surface area contributed by atoms with Crippen molar-refractivity contribution in [2.75, 3.05) is 40.5 Å². The zero-order valence-corrected chi connectivity index (χ0v) is 31.1. The van der Waals surface area contributed by atoms with E-state index in [1.807, 2.05) is 0 Å². The molecule has 1 unspecified atom stereocenters. The Morgan fingerprint density at radius 1 is 0.625 bits per heavy atom. The lowest BCUT2D eigenvalue weighted by Gasteiger charge is -2.27. The van der Waals surface area contributed by atoms with Gasteiger partial charge in [0.1, 0.15) is 18.1 Å². The third-order valence-electron chi connectivity index (χ3n) is 9.14. The number of methoxy groups -OCH3 is 1. The lowest BCUT2D eigenvalue weighted by molar-refractivity contribution is 0.261. The van der Waals surface area contributed by atoms with Crippen molar-refractivity contribution in [1.29, 1.82) is 0 Å². The van der Waals surface area contributed by atoms with Gasteiger partial charge < -0.3 is 14.4 Å². The second-order valence-electron chi connectivity index (χ2n) is 13.6. The molecular formula is C44H58NO2P. The Labute approximate surface area is 293 Å². The Morgan fingerprint density at radius 3 is 1.79 bits per heavy atom. The number of benzene rings is 4. The van der Waals surface area contributed by atoms with Crippen LogP contribution < -0.4 is 9.47 Å². The summed E-state index contributed by atoms with van der Waals surface area (Å²) >= 11 is 0. The highest BCUT2D eigenvalue weighted by Crippen LogP contribution is 2.45. The number of nitrogens with zero attached hydrogens (tertiary/aromatic N) is 1. The molecule has 0 aliphatic rings. The molecule has 48 heavy (non-hydrogen) atoms. The highest BCUT2D eigenvalue weighted by Gasteiger charge is 2.23. The molecule has 4 aromatic rings. The lowest BCUT2D eigenvalue weighted by Crippen LogP contribution is -2.19. The van der Waals surface area contributed by atoms with Gasteiger partial charge in [0.15, 0.2) is 0 Å². The molecule has 3 nitrogen and oxygen atoms in total. The highest BCUT2D eigenvalue weighted by atomic mass is 31.1. The summed E-state index contributed by atoms with van der Waals surface area (Å²) in [4.78, 5) is 2.14. The molecule has 0 fully saturated rings. The average molecular weight is 664 g/mol. The average Bonchev–Trinajstić information content (AvgIpc) is 3.11. The fourth-order valence-electron chi connectivity index (χ4n) is 6.38. The Hall–Kier alpha value is -3.39. The van der Waals surface area contributed by atoms with Crippen molar-refractivity contribution in [3.05, 3.63) is 131 Å². The van der Waals surface area contributed by atoms with E-state index >= 15 is 0 Å². The van der Waals surface area contributed by atoms with Gasteiger partial charge >= 0.3 is 0 Å². The molecule has 256 valence electrons. The SMILES string of the molecule is COc1ccccc1C(C)(C)PCCCCCCCCCC/C(=C(\c1ccccc1)c1ccc(OCCN(C)C)cc1)c1ccccc1. The molecule has 4 heteroatoms. The number of ether oxygens (including phenoxy) is 2. The minimum atomic E-state index is 0.170. The Morgan fingerprint density at radius 2 is 1.17 bits per heavy atom. The molecule has 0 aliphatic heterocycles. The number of rotatable bonds is 21. The molecule has 0 amide bonds. The Balaban J connectivity index is 1.29. The van der Waals surface area contributed by atoms with E-state index in [-0.39, 0.29) is 5.16 Å². The first-order chi connectivity index (χ1) is 23.4. The zero-order chi connectivity index (χ0) is 34.0. The molecule has 0 aliphatic carbocycles. The fraction of sp³-hybridized carbons (Fsp3) is 0.409. The van der Waals surface area contributed by atoms with Crippen LogP contribution in [0.2, 0.25) is 0 Å². The third kappa shape index (κ3) is 11.9. The van der Waals surface area contributed by atoms with E-state index in [1.165, 1.54) is 90.9 Å². The molecule has 0 heterocycles. The number of hydrogen-bond acceptors (Lipinski definition) is 3. The summed E-state index contributed by atoms with van der Waals surface area (Å²) in [5.41, 5.74) is 7.93. The summed E-state index contributed by atoms with van der Waals surface area (Å²) in [6.45, 7) is 6.32. The molecule has 0 bridgehead atoms. The van der Waals surface area contributed by atoms with Crippen LogP contribution >= 0.6 is 8.58 Å². The van der Waals surface area contributed by atoms with Gasteiger partial charge in [0.2, 0.25) is 0 Å². The van der Waals surface area contributed by atoms with Crippen molar-refractivity contribution in [2.45, 2.75) is 76.8 Å². The number of allylic oxidation sites excluding steroid dienone is 1. The largest absolute Gasteiger partial charge is 0.496 e. The molecule has 4 rings (SSSR count). The minimum Gasteiger partial charge on any atom is -0.496 e. The van der Waals surface area contributed by atoms with Gasteiger partial charge in [0, 0.05) is 17.3 Å². The van der Waals surface area contributed by atoms with E-state index < -0.39 is 0 Å². The molecule has 4 aromatic carbocycles. The van der Waals surface area contributed by atoms with Crippen LogP contribution in [0.1, 0.15) is 93.9 Å². The van der Waals surface area contributed by atoms with E-state index in [2.05, 4.69) is 142 Å². The molecule has 0 aromatic heterocycles. The van der Waals surface area contributed by atoms with Gasteiger partial charge in [0.05, 0.1) is 7.11 Å². The van der Waals surface area contributed by atoms with Crippen LogP contribution in [-0.4, -0.2) is 45.4 Å².